The van der Waals surface area contributed by atoms with Crippen LogP contribution in [0.3, 0.4) is 0 Å². The predicted molar refractivity (Wildman–Crippen MR) is 144 cm³/mol. The van der Waals surface area contributed by atoms with E-state index in [9.17, 15) is 9.59 Å². The molecule has 0 bridgehead atoms. The molecule has 9 heteroatoms. The molecule has 37 heavy (non-hydrogen) atoms. The second-order valence-corrected chi connectivity index (χ2v) is 9.34. The van der Waals surface area contributed by atoms with Gasteiger partial charge in [0, 0.05) is 23.6 Å². The van der Waals surface area contributed by atoms with Gasteiger partial charge in [-0.1, -0.05) is 12.1 Å². The molecule has 1 aliphatic heterocycles. The Morgan fingerprint density at radius 1 is 0.865 bits per heavy atom. The van der Waals surface area contributed by atoms with E-state index in [1.165, 1.54) is 21.3 Å². The van der Waals surface area contributed by atoms with Gasteiger partial charge < -0.3 is 29.2 Å². The van der Waals surface area contributed by atoms with Crippen molar-refractivity contribution in [1.29, 1.82) is 0 Å². The van der Waals surface area contributed by atoms with Crippen molar-refractivity contribution in [3.05, 3.63) is 71.3 Å². The Kier molecular flexibility index (Phi) is 7.83. The average molecular weight is 523 g/mol. The number of carbonyl (C=O) groups is 2. The minimum absolute atomic E-state index is 0.207. The van der Waals surface area contributed by atoms with E-state index >= 15 is 0 Å². The summed E-state index contributed by atoms with van der Waals surface area (Å²) in [5.41, 5.74) is 2.28. The highest BCUT2D eigenvalue weighted by Gasteiger charge is 2.43. The standard InChI is InChI=1S/C28H30N2O6S/c1-30-26(16-7-10-18(37-6)11-8-16)25(19-14-23(35-4)24(36-5)15-20(19)28(30)32)27(31)29-21-12-9-17(33-2)13-22(21)34-3/h7-15,25-26H,1-6H3,(H,29,31)/t25-,26-/m1/s1. The van der Waals surface area contributed by atoms with Crippen LogP contribution in [0.15, 0.2) is 59.5 Å². The molecule has 0 unspecified atom stereocenters. The number of fused-ring (bicyclic) bond motifs is 1. The van der Waals surface area contributed by atoms with Gasteiger partial charge in [-0.3, -0.25) is 9.59 Å². The van der Waals surface area contributed by atoms with E-state index in [4.69, 9.17) is 18.9 Å². The topological polar surface area (TPSA) is 86.3 Å². The average Bonchev–Trinajstić information content (AvgIpc) is 2.94. The SMILES string of the molecule is COc1ccc(NC(=O)[C@@H]2c3cc(OC)c(OC)cc3C(=O)N(C)[C@@H]2c2ccc(SC)cc2)c(OC)c1. The van der Waals surface area contributed by atoms with Gasteiger partial charge in [0.2, 0.25) is 5.91 Å². The van der Waals surface area contributed by atoms with Crippen LogP contribution in [0.2, 0.25) is 0 Å². The number of amides is 2. The molecule has 4 rings (SSSR count). The van der Waals surface area contributed by atoms with Crippen LogP contribution < -0.4 is 24.3 Å². The highest BCUT2D eigenvalue weighted by molar-refractivity contribution is 7.98. The Morgan fingerprint density at radius 2 is 1.51 bits per heavy atom. The number of hydrogen-bond donors (Lipinski definition) is 1. The number of benzene rings is 3. The molecule has 0 saturated heterocycles. The van der Waals surface area contributed by atoms with Crippen molar-refractivity contribution in [2.45, 2.75) is 16.9 Å². The molecule has 2 atom stereocenters. The van der Waals surface area contributed by atoms with E-state index in [1.54, 1.807) is 61.2 Å². The third-order valence-corrected chi connectivity index (χ3v) is 7.32. The number of methoxy groups -OCH3 is 4. The first kappa shape index (κ1) is 26.2. The van der Waals surface area contributed by atoms with Crippen LogP contribution >= 0.6 is 11.8 Å². The molecular formula is C28H30N2O6S. The van der Waals surface area contributed by atoms with E-state index in [0.29, 0.717) is 39.8 Å². The van der Waals surface area contributed by atoms with Crippen molar-refractivity contribution in [3.63, 3.8) is 0 Å². The molecular weight excluding hydrogens is 492 g/mol. The highest BCUT2D eigenvalue weighted by atomic mass is 32.2. The molecule has 3 aromatic rings. The Labute approximate surface area is 220 Å². The first-order valence-electron chi connectivity index (χ1n) is 11.6. The zero-order valence-electron chi connectivity index (χ0n) is 21.7. The summed E-state index contributed by atoms with van der Waals surface area (Å²) >= 11 is 1.62. The second kappa shape index (κ2) is 11.0. The highest BCUT2D eigenvalue weighted by Crippen LogP contribution is 2.46. The van der Waals surface area contributed by atoms with Crippen molar-refractivity contribution >= 4 is 29.3 Å². The third-order valence-electron chi connectivity index (χ3n) is 6.58. The minimum atomic E-state index is -0.746. The lowest BCUT2D eigenvalue weighted by atomic mass is 9.79. The van der Waals surface area contributed by atoms with Crippen LogP contribution in [0.4, 0.5) is 5.69 Å². The minimum Gasteiger partial charge on any atom is -0.497 e. The Morgan fingerprint density at radius 3 is 2.11 bits per heavy atom. The number of rotatable bonds is 8. The summed E-state index contributed by atoms with van der Waals surface area (Å²) in [7, 11) is 7.84. The molecule has 1 N–H and O–H groups in total. The number of hydrogen-bond acceptors (Lipinski definition) is 7. The van der Waals surface area contributed by atoms with Gasteiger partial charge in [0.1, 0.15) is 11.5 Å². The van der Waals surface area contributed by atoms with E-state index in [0.717, 1.165) is 10.5 Å². The maximum atomic E-state index is 14.1. The fourth-order valence-electron chi connectivity index (χ4n) is 4.66. The van der Waals surface area contributed by atoms with Crippen LogP contribution in [-0.4, -0.2) is 58.5 Å². The van der Waals surface area contributed by atoms with Crippen molar-refractivity contribution in [2.24, 2.45) is 0 Å². The van der Waals surface area contributed by atoms with Crippen molar-refractivity contribution < 1.29 is 28.5 Å². The van der Waals surface area contributed by atoms with Crippen LogP contribution in [-0.2, 0) is 4.79 Å². The number of likely N-dealkylation sites (N-methyl/N-ethyl adjacent to an activating group) is 1. The van der Waals surface area contributed by atoms with Gasteiger partial charge in [-0.05, 0) is 53.8 Å². The largest absolute Gasteiger partial charge is 0.497 e. The van der Waals surface area contributed by atoms with Gasteiger partial charge >= 0.3 is 0 Å². The lowest BCUT2D eigenvalue weighted by molar-refractivity contribution is -0.119. The fraction of sp³-hybridized carbons (Fsp3) is 0.286. The fourth-order valence-corrected chi connectivity index (χ4v) is 5.07. The van der Waals surface area contributed by atoms with Gasteiger partial charge in [0.25, 0.3) is 5.91 Å². The quantitative estimate of drug-likeness (QED) is 0.417. The first-order chi connectivity index (χ1) is 17.9. The smallest absolute Gasteiger partial charge is 0.254 e. The van der Waals surface area contributed by atoms with Crippen molar-refractivity contribution in [1.82, 2.24) is 4.90 Å². The third kappa shape index (κ3) is 4.91. The second-order valence-electron chi connectivity index (χ2n) is 8.46. The molecule has 0 aromatic heterocycles. The molecule has 0 radical (unpaired) electrons. The molecule has 3 aromatic carbocycles. The molecule has 1 heterocycles. The number of thioether (sulfide) groups is 1. The molecule has 0 aliphatic carbocycles. The maximum absolute atomic E-state index is 14.1. The molecule has 0 fully saturated rings. The number of carbonyl (C=O) groups excluding carboxylic acids is 2. The number of ether oxygens (including phenoxy) is 4. The summed E-state index contributed by atoms with van der Waals surface area (Å²) < 4.78 is 21.7. The number of anilines is 1. The Bertz CT molecular complexity index is 1310. The van der Waals surface area contributed by atoms with Crippen LogP contribution in [0.1, 0.15) is 33.4 Å². The van der Waals surface area contributed by atoms with Crippen LogP contribution in [0, 0.1) is 0 Å². The normalized spacial score (nSPS) is 16.6. The zero-order valence-corrected chi connectivity index (χ0v) is 22.5. The first-order valence-corrected chi connectivity index (χ1v) is 12.8. The monoisotopic (exact) mass is 522 g/mol. The van der Waals surface area contributed by atoms with Gasteiger partial charge in [-0.2, -0.15) is 0 Å². The number of nitrogens with zero attached hydrogens (tertiary/aromatic N) is 1. The van der Waals surface area contributed by atoms with Gasteiger partial charge in [0.15, 0.2) is 11.5 Å². The maximum Gasteiger partial charge on any atom is 0.254 e. The number of nitrogens with one attached hydrogen (secondary N) is 1. The van der Waals surface area contributed by atoms with Gasteiger partial charge in [-0.15, -0.1) is 11.8 Å². The van der Waals surface area contributed by atoms with Gasteiger partial charge in [0.05, 0.1) is 46.1 Å². The molecule has 0 saturated carbocycles. The predicted octanol–water partition coefficient (Wildman–Crippen LogP) is 4.99. The summed E-state index contributed by atoms with van der Waals surface area (Å²) in [6.45, 7) is 0. The summed E-state index contributed by atoms with van der Waals surface area (Å²) in [5, 5.41) is 3.01. The zero-order chi connectivity index (χ0) is 26.7. The summed E-state index contributed by atoms with van der Waals surface area (Å²) in [6, 6.07) is 15.9. The van der Waals surface area contributed by atoms with Crippen molar-refractivity contribution in [3.8, 4) is 23.0 Å². The summed E-state index contributed by atoms with van der Waals surface area (Å²) in [5.74, 6) is 0.672. The Hall–Kier alpha value is -3.85. The molecule has 2 amide bonds. The van der Waals surface area contributed by atoms with E-state index in [-0.39, 0.29) is 11.8 Å². The lowest BCUT2D eigenvalue weighted by Crippen LogP contribution is -2.44. The molecule has 1 aliphatic rings. The van der Waals surface area contributed by atoms with Gasteiger partial charge in [-0.25, -0.2) is 0 Å². The molecule has 0 spiro atoms. The molecule has 194 valence electrons. The van der Waals surface area contributed by atoms with E-state index in [1.807, 2.05) is 30.5 Å². The van der Waals surface area contributed by atoms with Crippen LogP contribution in [0.25, 0.3) is 0 Å². The summed E-state index contributed by atoms with van der Waals surface area (Å²) in [4.78, 5) is 30.3. The van der Waals surface area contributed by atoms with E-state index in [2.05, 4.69) is 5.32 Å². The van der Waals surface area contributed by atoms with Crippen molar-refractivity contribution in [2.75, 3.05) is 47.1 Å². The van der Waals surface area contributed by atoms with Crippen LogP contribution in [0.5, 0.6) is 23.0 Å². The lowest BCUT2D eigenvalue weighted by Gasteiger charge is -2.40. The Balaban J connectivity index is 1.86. The molecule has 8 nitrogen and oxygen atoms in total. The van der Waals surface area contributed by atoms with E-state index < -0.39 is 12.0 Å². The summed E-state index contributed by atoms with van der Waals surface area (Å²) in [6.07, 6.45) is 2.00.